The first-order valence-electron chi connectivity index (χ1n) is 10.3. The van der Waals surface area contributed by atoms with Crippen LogP contribution in [0.3, 0.4) is 0 Å². The lowest BCUT2D eigenvalue weighted by atomic mass is 10.0. The largest absolute Gasteiger partial charge is 0.483 e. The Balaban J connectivity index is 1.60. The lowest BCUT2D eigenvalue weighted by Gasteiger charge is -2.15. The van der Waals surface area contributed by atoms with Crippen LogP contribution in [0, 0.1) is 19.7 Å². The summed E-state index contributed by atoms with van der Waals surface area (Å²) in [5.41, 5.74) is 3.48. The van der Waals surface area contributed by atoms with Crippen molar-refractivity contribution in [3.05, 3.63) is 83.5 Å². The van der Waals surface area contributed by atoms with Gasteiger partial charge >= 0.3 is 0 Å². The topological polar surface area (TPSA) is 69.0 Å². The normalized spacial score (nSPS) is 11.8. The van der Waals surface area contributed by atoms with E-state index < -0.39 is 5.82 Å². The second-order valence-corrected chi connectivity index (χ2v) is 8.38. The van der Waals surface area contributed by atoms with Crippen molar-refractivity contribution in [2.45, 2.75) is 45.1 Å². The minimum Gasteiger partial charge on any atom is -0.483 e. The molecular formula is C24H27FN4O2S. The Morgan fingerprint density at radius 2 is 2.03 bits per heavy atom. The van der Waals surface area contributed by atoms with E-state index in [1.54, 1.807) is 28.8 Å². The first-order chi connectivity index (χ1) is 15.4. The summed E-state index contributed by atoms with van der Waals surface area (Å²) in [5, 5.41) is 11.9. The van der Waals surface area contributed by atoms with Crippen molar-refractivity contribution >= 4 is 17.7 Å². The summed E-state index contributed by atoms with van der Waals surface area (Å²) in [5.74, 6) is 0.331. The molecule has 0 saturated carbocycles. The van der Waals surface area contributed by atoms with Gasteiger partial charge in [0.2, 0.25) is 5.91 Å². The Hall–Kier alpha value is -3.13. The Morgan fingerprint density at radius 1 is 1.25 bits per heavy atom. The third-order valence-electron chi connectivity index (χ3n) is 5.04. The minimum atomic E-state index is -0.438. The molecule has 32 heavy (non-hydrogen) atoms. The highest BCUT2D eigenvalue weighted by Crippen LogP contribution is 2.21. The fourth-order valence-corrected chi connectivity index (χ4v) is 3.86. The standard InChI is InChI=1S/C24H27FN4O2S/c1-5-12-29-22(14-31-21-9-7-6-8-20(21)25)27-28-24(29)32-15-23(30)26-18(4)19-11-10-16(2)17(3)13-19/h5-11,13,18H,1,12,14-15H2,2-4H3,(H,26,30). The quantitative estimate of drug-likeness (QED) is 0.353. The van der Waals surface area contributed by atoms with Gasteiger partial charge in [0.15, 0.2) is 22.5 Å². The van der Waals surface area contributed by atoms with E-state index in [4.69, 9.17) is 4.74 Å². The van der Waals surface area contributed by atoms with Gasteiger partial charge in [0.1, 0.15) is 6.61 Å². The molecule has 2 aromatic carbocycles. The molecule has 1 heterocycles. The summed E-state index contributed by atoms with van der Waals surface area (Å²) in [6.45, 7) is 10.4. The van der Waals surface area contributed by atoms with Crippen LogP contribution in [-0.2, 0) is 17.9 Å². The van der Waals surface area contributed by atoms with Gasteiger partial charge in [0.25, 0.3) is 0 Å². The van der Waals surface area contributed by atoms with Crippen LogP contribution in [0.4, 0.5) is 4.39 Å². The van der Waals surface area contributed by atoms with Gasteiger partial charge in [0, 0.05) is 6.54 Å². The first kappa shape index (κ1) is 23.5. The molecule has 0 saturated heterocycles. The number of ether oxygens (including phenoxy) is 1. The monoisotopic (exact) mass is 454 g/mol. The molecule has 8 heteroatoms. The minimum absolute atomic E-state index is 0.0539. The van der Waals surface area contributed by atoms with Crippen LogP contribution in [0.5, 0.6) is 5.75 Å². The molecule has 1 aromatic heterocycles. The number of aromatic nitrogens is 3. The van der Waals surface area contributed by atoms with Gasteiger partial charge in [-0.25, -0.2) is 4.39 Å². The third kappa shape index (κ3) is 5.97. The van der Waals surface area contributed by atoms with Gasteiger partial charge in [-0.3, -0.25) is 9.36 Å². The average Bonchev–Trinajstić information content (AvgIpc) is 3.15. The molecule has 0 radical (unpaired) electrons. The Kier molecular flexibility index (Phi) is 8.05. The van der Waals surface area contributed by atoms with Gasteiger partial charge in [0.05, 0.1) is 11.8 Å². The summed E-state index contributed by atoms with van der Waals surface area (Å²) >= 11 is 1.28. The zero-order valence-corrected chi connectivity index (χ0v) is 19.3. The predicted octanol–water partition coefficient (Wildman–Crippen LogP) is 4.77. The number of carbonyl (C=O) groups excluding carboxylic acids is 1. The first-order valence-corrected chi connectivity index (χ1v) is 11.3. The van der Waals surface area contributed by atoms with Crippen LogP contribution < -0.4 is 10.1 Å². The number of aryl methyl sites for hydroxylation is 2. The molecule has 1 amide bonds. The molecule has 1 N–H and O–H groups in total. The second kappa shape index (κ2) is 10.9. The molecule has 168 valence electrons. The van der Waals surface area contributed by atoms with Crippen molar-refractivity contribution in [2.75, 3.05) is 5.75 Å². The van der Waals surface area contributed by atoms with E-state index in [2.05, 4.69) is 48.1 Å². The smallest absolute Gasteiger partial charge is 0.230 e. The van der Waals surface area contributed by atoms with Gasteiger partial charge < -0.3 is 10.1 Å². The van der Waals surface area contributed by atoms with Crippen LogP contribution in [0.2, 0.25) is 0 Å². The SMILES string of the molecule is C=CCn1c(COc2ccccc2F)nnc1SCC(=O)NC(C)c1ccc(C)c(C)c1. The molecule has 3 aromatic rings. The highest BCUT2D eigenvalue weighted by molar-refractivity contribution is 7.99. The number of amides is 1. The predicted molar refractivity (Wildman–Crippen MR) is 124 cm³/mol. The fourth-order valence-electron chi connectivity index (χ4n) is 3.08. The van der Waals surface area contributed by atoms with E-state index in [9.17, 15) is 9.18 Å². The summed E-state index contributed by atoms with van der Waals surface area (Å²) in [7, 11) is 0. The number of carbonyl (C=O) groups is 1. The number of hydrogen-bond donors (Lipinski definition) is 1. The van der Waals surface area contributed by atoms with Crippen molar-refractivity contribution in [1.29, 1.82) is 0 Å². The lowest BCUT2D eigenvalue weighted by Crippen LogP contribution is -2.28. The molecule has 0 aliphatic carbocycles. The average molecular weight is 455 g/mol. The molecule has 3 rings (SSSR count). The molecule has 1 atom stereocenters. The fraction of sp³-hybridized carbons (Fsp3) is 0.292. The van der Waals surface area contributed by atoms with E-state index in [0.29, 0.717) is 17.5 Å². The zero-order chi connectivity index (χ0) is 23.1. The van der Waals surface area contributed by atoms with Crippen molar-refractivity contribution in [2.24, 2.45) is 0 Å². The van der Waals surface area contributed by atoms with E-state index in [0.717, 1.165) is 5.56 Å². The summed E-state index contributed by atoms with van der Waals surface area (Å²) in [6.07, 6.45) is 1.71. The number of nitrogens with zero attached hydrogens (tertiary/aromatic N) is 3. The van der Waals surface area contributed by atoms with E-state index in [1.165, 1.54) is 29.0 Å². The number of rotatable bonds is 10. The van der Waals surface area contributed by atoms with Gasteiger partial charge in [-0.05, 0) is 49.6 Å². The number of thioether (sulfide) groups is 1. The summed E-state index contributed by atoms with van der Waals surface area (Å²) in [6, 6.07) is 12.3. The summed E-state index contributed by atoms with van der Waals surface area (Å²) < 4.78 is 21.1. The van der Waals surface area contributed by atoms with Gasteiger partial charge in [-0.15, -0.1) is 16.8 Å². The maximum Gasteiger partial charge on any atom is 0.230 e. The van der Waals surface area contributed by atoms with Crippen molar-refractivity contribution in [3.63, 3.8) is 0 Å². The van der Waals surface area contributed by atoms with Crippen LogP contribution in [0.15, 0.2) is 60.3 Å². The van der Waals surface area contributed by atoms with Gasteiger partial charge in [-0.2, -0.15) is 0 Å². The molecular weight excluding hydrogens is 427 g/mol. The lowest BCUT2D eigenvalue weighted by molar-refractivity contribution is -0.119. The maximum absolute atomic E-state index is 13.8. The number of para-hydroxylation sites is 1. The maximum atomic E-state index is 13.8. The van der Waals surface area contributed by atoms with Crippen LogP contribution in [-0.4, -0.2) is 26.4 Å². The van der Waals surface area contributed by atoms with Crippen LogP contribution >= 0.6 is 11.8 Å². The van der Waals surface area contributed by atoms with Crippen LogP contribution in [0.1, 0.15) is 35.5 Å². The van der Waals surface area contributed by atoms with E-state index in [1.807, 2.05) is 13.0 Å². The number of allylic oxidation sites excluding steroid dienone is 1. The van der Waals surface area contributed by atoms with Crippen molar-refractivity contribution in [1.82, 2.24) is 20.1 Å². The third-order valence-corrected chi connectivity index (χ3v) is 6.01. The van der Waals surface area contributed by atoms with Crippen molar-refractivity contribution in [3.8, 4) is 5.75 Å². The van der Waals surface area contributed by atoms with E-state index >= 15 is 0 Å². The highest BCUT2D eigenvalue weighted by atomic mass is 32.2. The molecule has 1 unspecified atom stereocenters. The molecule has 0 bridgehead atoms. The number of nitrogens with one attached hydrogen (secondary N) is 1. The molecule has 0 aliphatic heterocycles. The second-order valence-electron chi connectivity index (χ2n) is 7.44. The highest BCUT2D eigenvalue weighted by Gasteiger charge is 2.16. The Morgan fingerprint density at radius 3 is 2.75 bits per heavy atom. The summed E-state index contributed by atoms with van der Waals surface area (Å²) in [4.78, 5) is 12.5. The molecule has 0 aliphatic rings. The Bertz CT molecular complexity index is 1100. The zero-order valence-electron chi connectivity index (χ0n) is 18.5. The number of hydrogen-bond acceptors (Lipinski definition) is 5. The molecule has 6 nitrogen and oxygen atoms in total. The molecule has 0 spiro atoms. The van der Waals surface area contributed by atoms with E-state index in [-0.39, 0.29) is 30.1 Å². The number of halogens is 1. The molecule has 0 fully saturated rings. The number of benzene rings is 2. The van der Waals surface area contributed by atoms with Crippen molar-refractivity contribution < 1.29 is 13.9 Å². The van der Waals surface area contributed by atoms with Crippen LogP contribution in [0.25, 0.3) is 0 Å². The Labute approximate surface area is 191 Å². The van der Waals surface area contributed by atoms with Gasteiger partial charge in [-0.1, -0.05) is 48.2 Å².